The van der Waals surface area contributed by atoms with Crippen LogP contribution in [0.5, 0.6) is 0 Å². The van der Waals surface area contributed by atoms with Gasteiger partial charge < -0.3 is 10.3 Å². The van der Waals surface area contributed by atoms with Gasteiger partial charge in [0.25, 0.3) is 5.91 Å². The van der Waals surface area contributed by atoms with Crippen molar-refractivity contribution < 1.29 is 9.18 Å². The number of carbonyl (C=O) groups excluding carboxylic acids is 1. The smallest absolute Gasteiger partial charge is 0.251 e. The highest BCUT2D eigenvalue weighted by Gasteiger charge is 2.24. The largest absolute Gasteiger partial charge is 0.366 e. The first-order valence-electron chi connectivity index (χ1n) is 12.8. The zero-order valence-corrected chi connectivity index (χ0v) is 20.5. The Hall–Kier alpha value is -2.10. The van der Waals surface area contributed by atoms with Gasteiger partial charge in [0.15, 0.2) is 0 Å². The van der Waals surface area contributed by atoms with Crippen molar-refractivity contribution >= 4 is 5.91 Å². The zero-order chi connectivity index (χ0) is 23.3. The van der Waals surface area contributed by atoms with Crippen molar-refractivity contribution in [3.05, 3.63) is 47.0 Å². The van der Waals surface area contributed by atoms with E-state index >= 15 is 0 Å². The second kappa shape index (κ2) is 14.1. The number of nitrogens with two attached hydrogens (primary N) is 1. The highest BCUT2D eigenvalue weighted by atomic mass is 19.1. The first-order chi connectivity index (χ1) is 15.5. The molecule has 0 spiro atoms. The summed E-state index contributed by atoms with van der Waals surface area (Å²) in [6.45, 7) is 7.32. The number of nitrogens with zero attached hydrogens (tertiary/aromatic N) is 1. The van der Waals surface area contributed by atoms with Crippen molar-refractivity contribution in [2.75, 3.05) is 0 Å². The van der Waals surface area contributed by atoms with E-state index in [-0.39, 0.29) is 5.82 Å². The quantitative estimate of drug-likeness (QED) is 0.263. The van der Waals surface area contributed by atoms with Gasteiger partial charge in [-0.3, -0.25) is 4.79 Å². The molecule has 0 radical (unpaired) electrons. The van der Waals surface area contributed by atoms with Crippen LogP contribution in [0.15, 0.2) is 24.3 Å². The average molecular weight is 443 g/mol. The van der Waals surface area contributed by atoms with E-state index in [2.05, 4.69) is 18.4 Å². The molecule has 0 unspecified atom stereocenters. The monoisotopic (exact) mass is 442 g/mol. The van der Waals surface area contributed by atoms with Crippen LogP contribution < -0.4 is 5.73 Å². The number of carbonyl (C=O) groups is 1. The fourth-order valence-corrected chi connectivity index (χ4v) is 4.74. The molecule has 2 aromatic rings. The van der Waals surface area contributed by atoms with E-state index in [9.17, 15) is 9.18 Å². The SMILES string of the molecule is CCCCCCCCCCCn1c(C)c(C(N)=O)c(-c2cccc(F)c2)c1CCCCC. The summed E-state index contributed by atoms with van der Waals surface area (Å²) in [6, 6.07) is 6.55. The van der Waals surface area contributed by atoms with Gasteiger partial charge in [0.1, 0.15) is 5.82 Å². The highest BCUT2D eigenvalue weighted by Crippen LogP contribution is 2.34. The Kier molecular flexibility index (Phi) is 11.5. The van der Waals surface area contributed by atoms with Gasteiger partial charge in [0.05, 0.1) is 5.56 Å². The topological polar surface area (TPSA) is 48.0 Å². The Morgan fingerprint density at radius 2 is 1.50 bits per heavy atom. The number of unbranched alkanes of at least 4 members (excludes halogenated alkanes) is 10. The molecule has 2 N–H and O–H groups in total. The lowest BCUT2D eigenvalue weighted by Crippen LogP contribution is -2.13. The number of aromatic nitrogens is 1. The van der Waals surface area contributed by atoms with Crippen molar-refractivity contribution in [1.82, 2.24) is 4.57 Å². The molecule has 0 saturated carbocycles. The lowest BCUT2D eigenvalue weighted by atomic mass is 9.97. The van der Waals surface area contributed by atoms with E-state index in [4.69, 9.17) is 5.73 Å². The molecule has 0 aliphatic heterocycles. The molecule has 0 aliphatic carbocycles. The van der Waals surface area contributed by atoms with Crippen LogP contribution in [0, 0.1) is 12.7 Å². The number of benzene rings is 1. The van der Waals surface area contributed by atoms with E-state index in [0.29, 0.717) is 5.56 Å². The first kappa shape index (κ1) is 26.2. The molecule has 3 nitrogen and oxygen atoms in total. The number of primary amides is 1. The highest BCUT2D eigenvalue weighted by molar-refractivity contribution is 6.02. The van der Waals surface area contributed by atoms with Crippen LogP contribution >= 0.6 is 0 Å². The summed E-state index contributed by atoms with van der Waals surface area (Å²) in [6.07, 6.45) is 15.7. The van der Waals surface area contributed by atoms with Crippen LogP contribution in [0.1, 0.15) is 113 Å². The van der Waals surface area contributed by atoms with Crippen LogP contribution in [0.4, 0.5) is 4.39 Å². The molecule has 1 amide bonds. The minimum atomic E-state index is -0.427. The molecule has 178 valence electrons. The molecular weight excluding hydrogens is 399 g/mol. The van der Waals surface area contributed by atoms with E-state index in [0.717, 1.165) is 61.2 Å². The number of hydrogen-bond acceptors (Lipinski definition) is 1. The molecule has 0 bridgehead atoms. The van der Waals surface area contributed by atoms with Gasteiger partial charge in [-0.25, -0.2) is 4.39 Å². The molecule has 1 aromatic heterocycles. The third-order valence-corrected chi connectivity index (χ3v) is 6.49. The average Bonchev–Trinajstić information content (AvgIpc) is 3.04. The molecule has 0 fully saturated rings. The fourth-order valence-electron chi connectivity index (χ4n) is 4.74. The maximum absolute atomic E-state index is 14.0. The predicted molar refractivity (Wildman–Crippen MR) is 134 cm³/mol. The minimum absolute atomic E-state index is 0.290. The Morgan fingerprint density at radius 3 is 2.09 bits per heavy atom. The second-order valence-electron chi connectivity index (χ2n) is 9.09. The molecule has 2 rings (SSSR count). The van der Waals surface area contributed by atoms with Crippen LogP contribution in [-0.2, 0) is 13.0 Å². The van der Waals surface area contributed by atoms with Gasteiger partial charge in [-0.05, 0) is 43.9 Å². The number of hydrogen-bond donors (Lipinski definition) is 1. The summed E-state index contributed by atoms with van der Waals surface area (Å²) < 4.78 is 16.3. The van der Waals surface area contributed by atoms with Crippen molar-refractivity contribution in [3.8, 4) is 11.1 Å². The molecule has 1 heterocycles. The molecule has 4 heteroatoms. The van der Waals surface area contributed by atoms with E-state index in [1.54, 1.807) is 6.07 Å². The third-order valence-electron chi connectivity index (χ3n) is 6.49. The summed E-state index contributed by atoms with van der Waals surface area (Å²) >= 11 is 0. The lowest BCUT2D eigenvalue weighted by molar-refractivity contribution is 0.1000. The summed E-state index contributed by atoms with van der Waals surface area (Å²) in [5.41, 5.74) is 10.0. The number of rotatable bonds is 16. The van der Waals surface area contributed by atoms with Gasteiger partial charge in [0.2, 0.25) is 0 Å². The Bertz CT molecular complexity index is 840. The Balaban J connectivity index is 2.18. The fraction of sp³-hybridized carbons (Fsp3) is 0.607. The first-order valence-corrected chi connectivity index (χ1v) is 12.8. The van der Waals surface area contributed by atoms with Crippen LogP contribution in [-0.4, -0.2) is 10.5 Å². The van der Waals surface area contributed by atoms with Crippen molar-refractivity contribution in [2.45, 2.75) is 111 Å². The Morgan fingerprint density at radius 1 is 0.906 bits per heavy atom. The normalized spacial score (nSPS) is 11.2. The number of amides is 1. The number of halogens is 1. The van der Waals surface area contributed by atoms with Crippen LogP contribution in [0.25, 0.3) is 11.1 Å². The maximum atomic E-state index is 14.0. The lowest BCUT2D eigenvalue weighted by Gasteiger charge is -2.14. The van der Waals surface area contributed by atoms with E-state index < -0.39 is 5.91 Å². The third kappa shape index (κ3) is 7.50. The van der Waals surface area contributed by atoms with Crippen LogP contribution in [0.3, 0.4) is 0 Å². The van der Waals surface area contributed by atoms with Crippen molar-refractivity contribution in [3.63, 3.8) is 0 Å². The summed E-state index contributed by atoms with van der Waals surface area (Å²) in [4.78, 5) is 12.4. The van der Waals surface area contributed by atoms with Crippen molar-refractivity contribution in [2.24, 2.45) is 5.73 Å². The molecule has 0 atom stereocenters. The summed E-state index contributed by atoms with van der Waals surface area (Å²) in [7, 11) is 0. The van der Waals surface area contributed by atoms with Crippen LogP contribution in [0.2, 0.25) is 0 Å². The Labute approximate surface area is 194 Å². The van der Waals surface area contributed by atoms with Gasteiger partial charge in [-0.15, -0.1) is 0 Å². The molecule has 1 aromatic carbocycles. The van der Waals surface area contributed by atoms with Crippen molar-refractivity contribution in [1.29, 1.82) is 0 Å². The zero-order valence-electron chi connectivity index (χ0n) is 20.5. The van der Waals surface area contributed by atoms with E-state index in [1.165, 1.54) is 63.5 Å². The van der Waals surface area contributed by atoms with Gasteiger partial charge >= 0.3 is 0 Å². The van der Waals surface area contributed by atoms with Gasteiger partial charge in [-0.1, -0.05) is 90.2 Å². The van der Waals surface area contributed by atoms with Gasteiger partial charge in [0, 0.05) is 23.5 Å². The summed E-state index contributed by atoms with van der Waals surface area (Å²) in [5.74, 6) is -0.717. The van der Waals surface area contributed by atoms with Gasteiger partial charge in [-0.2, -0.15) is 0 Å². The predicted octanol–water partition coefficient (Wildman–Crippen LogP) is 7.97. The molecule has 0 saturated heterocycles. The molecular formula is C28H43FN2O. The molecule has 32 heavy (non-hydrogen) atoms. The standard InChI is InChI=1S/C28H43FN2O/c1-4-6-8-9-10-11-12-13-15-20-31-22(3)26(28(30)32)27(25(31)19-14-7-5-2)23-17-16-18-24(29)21-23/h16-18,21H,4-15,19-20H2,1-3H3,(H2,30,32). The molecule has 0 aliphatic rings. The maximum Gasteiger partial charge on any atom is 0.251 e. The second-order valence-corrected chi connectivity index (χ2v) is 9.09. The minimum Gasteiger partial charge on any atom is -0.366 e. The van der Waals surface area contributed by atoms with E-state index in [1.807, 2.05) is 13.0 Å². The summed E-state index contributed by atoms with van der Waals surface area (Å²) in [5, 5.41) is 0.